The summed E-state index contributed by atoms with van der Waals surface area (Å²) >= 11 is 3.73. The van der Waals surface area contributed by atoms with Gasteiger partial charge in [-0.15, -0.1) is 0 Å². The Balaban J connectivity index is 1.89. The quantitative estimate of drug-likeness (QED) is 0.281. The molecule has 0 aliphatic rings. The molecular formula is C26H15BrN2O. The van der Waals surface area contributed by atoms with Gasteiger partial charge in [0.25, 0.3) is 5.56 Å². The average Bonchev–Trinajstić information content (AvgIpc) is 3.19. The molecule has 4 heteroatoms. The largest absolute Gasteiger partial charge is 0.268 e. The highest BCUT2D eigenvalue weighted by Crippen LogP contribution is 2.37. The summed E-state index contributed by atoms with van der Waals surface area (Å²) in [4.78, 5) is 18.8. The molecule has 0 spiro atoms. The topological polar surface area (TPSA) is 34.4 Å². The van der Waals surface area contributed by atoms with E-state index in [0.29, 0.717) is 11.2 Å². The normalized spacial score (nSPS) is 11.6. The fourth-order valence-corrected chi connectivity index (χ4v) is 4.87. The number of halogens is 1. The van der Waals surface area contributed by atoms with Crippen LogP contribution in [-0.2, 0) is 0 Å². The predicted molar refractivity (Wildman–Crippen MR) is 126 cm³/mol. The van der Waals surface area contributed by atoms with Crippen LogP contribution in [0.5, 0.6) is 0 Å². The van der Waals surface area contributed by atoms with Crippen molar-refractivity contribution in [3.05, 3.63) is 106 Å². The predicted octanol–water partition coefficient (Wildman–Crippen LogP) is 6.54. The molecule has 2 aromatic heterocycles. The van der Waals surface area contributed by atoms with Gasteiger partial charge in [-0.1, -0.05) is 94.8 Å². The monoisotopic (exact) mass is 450 g/mol. The second kappa shape index (κ2) is 6.51. The Labute approximate surface area is 180 Å². The van der Waals surface area contributed by atoms with Crippen molar-refractivity contribution in [3.8, 4) is 22.5 Å². The Kier molecular flexibility index (Phi) is 3.77. The fourth-order valence-electron chi connectivity index (χ4n) is 4.34. The van der Waals surface area contributed by atoms with Crippen molar-refractivity contribution in [1.82, 2.24) is 9.38 Å². The minimum atomic E-state index is -0.0450. The lowest BCUT2D eigenvalue weighted by Gasteiger charge is -2.12. The van der Waals surface area contributed by atoms with Crippen LogP contribution in [0.1, 0.15) is 0 Å². The molecule has 0 fully saturated rings. The molecular weight excluding hydrogens is 436 g/mol. The molecule has 0 bridgehead atoms. The summed E-state index contributed by atoms with van der Waals surface area (Å²) in [6.45, 7) is 0. The van der Waals surface area contributed by atoms with Crippen molar-refractivity contribution in [2.75, 3.05) is 0 Å². The molecule has 0 atom stereocenters. The van der Waals surface area contributed by atoms with Gasteiger partial charge in [0, 0.05) is 15.4 Å². The number of fused-ring (bicyclic) bond motifs is 2. The summed E-state index contributed by atoms with van der Waals surface area (Å²) in [5, 5.41) is 2.65. The Morgan fingerprint density at radius 3 is 2.13 bits per heavy atom. The molecule has 0 saturated heterocycles. The third-order valence-corrected chi connectivity index (χ3v) is 6.30. The zero-order valence-corrected chi connectivity index (χ0v) is 17.4. The fraction of sp³-hybridized carbons (Fsp3) is 0. The van der Waals surface area contributed by atoms with Crippen molar-refractivity contribution >= 4 is 43.1 Å². The van der Waals surface area contributed by atoms with E-state index in [4.69, 9.17) is 4.98 Å². The first-order chi connectivity index (χ1) is 14.7. The van der Waals surface area contributed by atoms with E-state index in [2.05, 4.69) is 15.9 Å². The third kappa shape index (κ3) is 2.37. The molecule has 0 aliphatic heterocycles. The number of aromatic nitrogens is 2. The van der Waals surface area contributed by atoms with Crippen LogP contribution in [0.3, 0.4) is 0 Å². The molecule has 30 heavy (non-hydrogen) atoms. The van der Waals surface area contributed by atoms with E-state index in [9.17, 15) is 4.79 Å². The molecule has 3 nitrogen and oxygen atoms in total. The molecule has 0 radical (unpaired) electrons. The van der Waals surface area contributed by atoms with Crippen LogP contribution in [0.15, 0.2) is 100 Å². The van der Waals surface area contributed by atoms with Gasteiger partial charge in [0.05, 0.1) is 16.4 Å². The highest BCUT2D eigenvalue weighted by atomic mass is 79.9. The number of pyridine rings is 1. The number of imidazole rings is 1. The number of rotatable bonds is 2. The smallest absolute Gasteiger partial charge is 0.265 e. The molecule has 6 rings (SSSR count). The third-order valence-electron chi connectivity index (χ3n) is 5.64. The maximum absolute atomic E-state index is 14.0. The van der Waals surface area contributed by atoms with Crippen molar-refractivity contribution in [2.45, 2.75) is 0 Å². The minimum Gasteiger partial charge on any atom is -0.268 e. The van der Waals surface area contributed by atoms with E-state index in [1.807, 2.05) is 91.0 Å². The molecule has 0 aliphatic carbocycles. The zero-order valence-electron chi connectivity index (χ0n) is 15.8. The highest BCUT2D eigenvalue weighted by Gasteiger charge is 2.21. The van der Waals surface area contributed by atoms with E-state index in [0.717, 1.165) is 43.0 Å². The van der Waals surface area contributed by atoms with Gasteiger partial charge in [0.15, 0.2) is 0 Å². The Morgan fingerprint density at radius 2 is 1.40 bits per heavy atom. The van der Waals surface area contributed by atoms with Crippen molar-refractivity contribution < 1.29 is 0 Å². The Hall–Kier alpha value is -3.50. The number of nitrogens with zero attached hydrogens (tertiary/aromatic N) is 2. The SMILES string of the molecule is O=c1c2c(-c3ccccc3)cccc2c2c(Br)ccc3nc(-c4ccccc4)n1c32. The molecule has 0 N–H and O–H groups in total. The average molecular weight is 451 g/mol. The summed E-state index contributed by atoms with van der Waals surface area (Å²) in [5.74, 6) is 0.670. The van der Waals surface area contributed by atoms with Gasteiger partial charge in [-0.05, 0) is 28.6 Å². The van der Waals surface area contributed by atoms with Crippen LogP contribution < -0.4 is 5.56 Å². The van der Waals surface area contributed by atoms with E-state index in [1.54, 1.807) is 4.40 Å². The van der Waals surface area contributed by atoms with E-state index >= 15 is 0 Å². The molecule has 0 unspecified atom stereocenters. The molecule has 4 aromatic carbocycles. The second-order valence-electron chi connectivity index (χ2n) is 7.33. The molecule has 0 amide bonds. The zero-order chi connectivity index (χ0) is 20.2. The maximum Gasteiger partial charge on any atom is 0.265 e. The minimum absolute atomic E-state index is 0.0450. The summed E-state index contributed by atoms with van der Waals surface area (Å²) in [5.41, 5.74) is 4.50. The van der Waals surface area contributed by atoms with Crippen LogP contribution >= 0.6 is 15.9 Å². The lowest BCUT2D eigenvalue weighted by Crippen LogP contribution is -2.15. The molecule has 6 aromatic rings. The van der Waals surface area contributed by atoms with Gasteiger partial charge >= 0.3 is 0 Å². The van der Waals surface area contributed by atoms with Crippen LogP contribution in [-0.4, -0.2) is 9.38 Å². The van der Waals surface area contributed by atoms with Gasteiger partial charge in [-0.25, -0.2) is 4.98 Å². The second-order valence-corrected chi connectivity index (χ2v) is 8.18. The van der Waals surface area contributed by atoms with Gasteiger partial charge in [-0.2, -0.15) is 0 Å². The van der Waals surface area contributed by atoms with Gasteiger partial charge in [0.2, 0.25) is 0 Å². The summed E-state index contributed by atoms with van der Waals surface area (Å²) in [6.07, 6.45) is 0. The van der Waals surface area contributed by atoms with E-state index in [1.165, 1.54) is 0 Å². The Morgan fingerprint density at radius 1 is 0.700 bits per heavy atom. The lowest BCUT2D eigenvalue weighted by atomic mass is 9.97. The summed E-state index contributed by atoms with van der Waals surface area (Å²) in [6, 6.07) is 30.0. The molecule has 142 valence electrons. The van der Waals surface area contributed by atoms with E-state index in [-0.39, 0.29) is 5.56 Å². The maximum atomic E-state index is 14.0. The van der Waals surface area contributed by atoms with Crippen molar-refractivity contribution in [1.29, 1.82) is 0 Å². The highest BCUT2D eigenvalue weighted by molar-refractivity contribution is 9.10. The number of benzene rings is 4. The van der Waals surface area contributed by atoms with Crippen LogP contribution in [0.25, 0.3) is 49.7 Å². The first-order valence-electron chi connectivity index (χ1n) is 9.74. The van der Waals surface area contributed by atoms with Crippen LogP contribution in [0, 0.1) is 0 Å². The number of hydrogen-bond acceptors (Lipinski definition) is 2. The molecule has 2 heterocycles. The Bertz CT molecular complexity index is 1600. The summed E-state index contributed by atoms with van der Waals surface area (Å²) in [7, 11) is 0. The van der Waals surface area contributed by atoms with Gasteiger partial charge in [0.1, 0.15) is 5.82 Å². The first kappa shape index (κ1) is 17.4. The van der Waals surface area contributed by atoms with Crippen LogP contribution in [0.2, 0.25) is 0 Å². The molecule has 0 saturated carbocycles. The standard InChI is InChI=1S/C26H15BrN2O/c27-20-14-15-21-24-23(20)19-13-7-12-18(16-8-3-1-4-9-16)22(19)26(30)29(24)25(28-21)17-10-5-2-6-11-17/h1-15H. The van der Waals surface area contributed by atoms with Gasteiger partial charge in [-0.3, -0.25) is 9.20 Å². The van der Waals surface area contributed by atoms with Gasteiger partial charge < -0.3 is 0 Å². The summed E-state index contributed by atoms with van der Waals surface area (Å²) < 4.78 is 2.73. The first-order valence-corrected chi connectivity index (χ1v) is 10.5. The van der Waals surface area contributed by atoms with E-state index < -0.39 is 0 Å². The lowest BCUT2D eigenvalue weighted by molar-refractivity contribution is 1.13. The van der Waals surface area contributed by atoms with Crippen molar-refractivity contribution in [2.24, 2.45) is 0 Å². The van der Waals surface area contributed by atoms with Crippen molar-refractivity contribution in [3.63, 3.8) is 0 Å². The van der Waals surface area contributed by atoms with Crippen LogP contribution in [0.4, 0.5) is 0 Å². The number of hydrogen-bond donors (Lipinski definition) is 0.